The standard InChI is InChI=1S/C15H13ClFNO3S/c16-10-1-6-15-13(9-10)14(7-8-21-15)18-22(19,20)12-4-2-11(17)3-5-12/h1-6,9,14,18H,7-8H2. The van der Waals surface area contributed by atoms with Crippen molar-refractivity contribution in [2.24, 2.45) is 0 Å². The van der Waals surface area contributed by atoms with Crippen molar-refractivity contribution in [3.8, 4) is 5.75 Å². The van der Waals surface area contributed by atoms with Crippen LogP contribution in [-0.2, 0) is 10.0 Å². The van der Waals surface area contributed by atoms with Gasteiger partial charge in [0, 0.05) is 17.0 Å². The summed E-state index contributed by atoms with van der Waals surface area (Å²) in [6, 6.07) is 9.36. The predicted molar refractivity (Wildman–Crippen MR) is 81.0 cm³/mol. The van der Waals surface area contributed by atoms with Crippen LogP contribution in [0.1, 0.15) is 18.0 Å². The highest BCUT2D eigenvalue weighted by Gasteiger charge is 2.27. The summed E-state index contributed by atoms with van der Waals surface area (Å²) >= 11 is 5.97. The number of ether oxygens (including phenoxy) is 1. The van der Waals surface area contributed by atoms with E-state index in [1.54, 1.807) is 18.2 Å². The van der Waals surface area contributed by atoms with Gasteiger partial charge >= 0.3 is 0 Å². The fraction of sp³-hybridized carbons (Fsp3) is 0.200. The minimum atomic E-state index is -3.75. The second-order valence-corrected chi connectivity index (χ2v) is 7.10. The summed E-state index contributed by atoms with van der Waals surface area (Å²) in [4.78, 5) is 0.0176. The normalized spacial score (nSPS) is 17.6. The number of sulfonamides is 1. The molecule has 0 bridgehead atoms. The number of hydrogen-bond donors (Lipinski definition) is 1. The van der Waals surface area contributed by atoms with E-state index in [1.165, 1.54) is 12.1 Å². The van der Waals surface area contributed by atoms with E-state index >= 15 is 0 Å². The monoisotopic (exact) mass is 341 g/mol. The summed E-state index contributed by atoms with van der Waals surface area (Å²) in [6.45, 7) is 0.408. The number of rotatable bonds is 3. The van der Waals surface area contributed by atoms with Crippen molar-refractivity contribution in [1.82, 2.24) is 4.72 Å². The molecule has 0 saturated heterocycles. The molecule has 0 spiro atoms. The van der Waals surface area contributed by atoms with Crippen LogP contribution in [0.15, 0.2) is 47.4 Å². The van der Waals surface area contributed by atoms with Crippen molar-refractivity contribution in [3.63, 3.8) is 0 Å². The van der Waals surface area contributed by atoms with Gasteiger partial charge in [-0.05, 0) is 42.5 Å². The summed E-state index contributed by atoms with van der Waals surface area (Å²) in [5, 5.41) is 0.509. The SMILES string of the molecule is O=S(=O)(NC1CCOc2ccc(Cl)cc21)c1ccc(F)cc1. The van der Waals surface area contributed by atoms with Crippen LogP contribution in [0.4, 0.5) is 4.39 Å². The number of halogens is 2. The highest BCUT2D eigenvalue weighted by molar-refractivity contribution is 7.89. The molecule has 3 rings (SSSR count). The van der Waals surface area contributed by atoms with Crippen LogP contribution in [0.5, 0.6) is 5.75 Å². The van der Waals surface area contributed by atoms with Crippen molar-refractivity contribution in [3.05, 3.63) is 58.9 Å². The van der Waals surface area contributed by atoms with E-state index < -0.39 is 21.9 Å². The highest BCUT2D eigenvalue weighted by Crippen LogP contribution is 2.34. The molecule has 0 aromatic heterocycles. The fourth-order valence-corrected chi connectivity index (χ4v) is 3.79. The molecule has 2 aromatic rings. The quantitative estimate of drug-likeness (QED) is 0.932. The van der Waals surface area contributed by atoms with Gasteiger partial charge in [0.05, 0.1) is 17.5 Å². The summed E-state index contributed by atoms with van der Waals surface area (Å²) < 4.78 is 45.9. The van der Waals surface area contributed by atoms with Gasteiger partial charge in [0.1, 0.15) is 11.6 Å². The summed E-state index contributed by atoms with van der Waals surface area (Å²) in [7, 11) is -3.75. The second kappa shape index (κ2) is 5.87. The van der Waals surface area contributed by atoms with Crippen molar-refractivity contribution in [2.75, 3.05) is 6.61 Å². The van der Waals surface area contributed by atoms with E-state index in [1.807, 2.05) is 0 Å². The summed E-state index contributed by atoms with van der Waals surface area (Å²) in [6.07, 6.45) is 0.494. The lowest BCUT2D eigenvalue weighted by molar-refractivity contribution is 0.263. The van der Waals surface area contributed by atoms with E-state index in [0.29, 0.717) is 29.4 Å². The number of hydrogen-bond acceptors (Lipinski definition) is 3. The first-order chi connectivity index (χ1) is 10.5. The lowest BCUT2D eigenvalue weighted by Crippen LogP contribution is -2.32. The first-order valence-corrected chi connectivity index (χ1v) is 8.52. The zero-order chi connectivity index (χ0) is 15.7. The predicted octanol–water partition coefficient (Wildman–Crippen LogP) is 3.28. The summed E-state index contributed by atoms with van der Waals surface area (Å²) in [5.41, 5.74) is 0.699. The Labute approximate surface area is 132 Å². The van der Waals surface area contributed by atoms with Gasteiger partial charge in [0.15, 0.2) is 0 Å². The molecule has 7 heteroatoms. The Bertz CT molecular complexity index is 793. The smallest absolute Gasteiger partial charge is 0.241 e. The number of benzene rings is 2. The van der Waals surface area contributed by atoms with Crippen LogP contribution in [0, 0.1) is 5.82 Å². The second-order valence-electron chi connectivity index (χ2n) is 4.95. The molecule has 1 aliphatic rings. The van der Waals surface area contributed by atoms with Crippen molar-refractivity contribution >= 4 is 21.6 Å². The molecule has 4 nitrogen and oxygen atoms in total. The molecular weight excluding hydrogens is 329 g/mol. The van der Waals surface area contributed by atoms with E-state index in [0.717, 1.165) is 12.1 Å². The highest BCUT2D eigenvalue weighted by atomic mass is 35.5. The Morgan fingerprint density at radius 2 is 1.91 bits per heavy atom. The van der Waals surface area contributed by atoms with Gasteiger partial charge in [0.25, 0.3) is 0 Å². The molecule has 1 atom stereocenters. The Hall–Kier alpha value is -1.63. The van der Waals surface area contributed by atoms with Gasteiger partial charge in [-0.1, -0.05) is 11.6 Å². The van der Waals surface area contributed by atoms with Crippen LogP contribution in [0.2, 0.25) is 5.02 Å². The average Bonchev–Trinajstić information content (AvgIpc) is 2.48. The molecule has 116 valence electrons. The maximum Gasteiger partial charge on any atom is 0.241 e. The van der Waals surface area contributed by atoms with Crippen molar-refractivity contribution in [2.45, 2.75) is 17.4 Å². The van der Waals surface area contributed by atoms with E-state index in [2.05, 4.69) is 4.72 Å². The van der Waals surface area contributed by atoms with Gasteiger partial charge in [-0.25, -0.2) is 17.5 Å². The third kappa shape index (κ3) is 3.09. The zero-order valence-corrected chi connectivity index (χ0v) is 13.0. The van der Waals surface area contributed by atoms with Crippen LogP contribution in [0.3, 0.4) is 0 Å². The van der Waals surface area contributed by atoms with E-state index in [9.17, 15) is 12.8 Å². The van der Waals surface area contributed by atoms with Crippen molar-refractivity contribution < 1.29 is 17.5 Å². The third-order valence-corrected chi connectivity index (χ3v) is 5.16. The largest absolute Gasteiger partial charge is 0.493 e. The van der Waals surface area contributed by atoms with Gasteiger partial charge in [-0.2, -0.15) is 0 Å². The van der Waals surface area contributed by atoms with Gasteiger partial charge in [0.2, 0.25) is 10.0 Å². The molecule has 22 heavy (non-hydrogen) atoms. The minimum Gasteiger partial charge on any atom is -0.493 e. The van der Waals surface area contributed by atoms with Crippen molar-refractivity contribution in [1.29, 1.82) is 0 Å². The number of fused-ring (bicyclic) bond motifs is 1. The number of nitrogens with one attached hydrogen (secondary N) is 1. The molecule has 0 amide bonds. The topological polar surface area (TPSA) is 55.4 Å². The zero-order valence-electron chi connectivity index (χ0n) is 11.4. The van der Waals surface area contributed by atoms with Crippen LogP contribution in [-0.4, -0.2) is 15.0 Å². The van der Waals surface area contributed by atoms with Crippen LogP contribution in [0.25, 0.3) is 0 Å². The maximum absolute atomic E-state index is 12.9. The van der Waals surface area contributed by atoms with Crippen LogP contribution >= 0.6 is 11.6 Å². The lowest BCUT2D eigenvalue weighted by atomic mass is 10.0. The fourth-order valence-electron chi connectivity index (χ4n) is 2.36. The third-order valence-electron chi connectivity index (χ3n) is 3.43. The molecule has 1 N–H and O–H groups in total. The van der Waals surface area contributed by atoms with Gasteiger partial charge in [-0.3, -0.25) is 0 Å². The van der Waals surface area contributed by atoms with E-state index in [4.69, 9.17) is 16.3 Å². The molecule has 0 saturated carbocycles. The van der Waals surface area contributed by atoms with Crippen LogP contribution < -0.4 is 9.46 Å². The minimum absolute atomic E-state index is 0.0176. The Morgan fingerprint density at radius 1 is 1.18 bits per heavy atom. The Kier molecular flexibility index (Phi) is 4.08. The molecule has 1 aliphatic heterocycles. The molecular formula is C15H13ClFNO3S. The summed E-state index contributed by atoms with van der Waals surface area (Å²) in [5.74, 6) is 0.129. The average molecular weight is 342 g/mol. The molecule has 2 aromatic carbocycles. The van der Waals surface area contributed by atoms with Gasteiger partial charge in [-0.15, -0.1) is 0 Å². The lowest BCUT2D eigenvalue weighted by Gasteiger charge is -2.26. The molecule has 0 aliphatic carbocycles. The first-order valence-electron chi connectivity index (χ1n) is 6.66. The maximum atomic E-state index is 12.9. The Morgan fingerprint density at radius 3 is 2.64 bits per heavy atom. The molecule has 1 unspecified atom stereocenters. The first kappa shape index (κ1) is 15.3. The molecule has 0 fully saturated rings. The molecule has 1 heterocycles. The van der Waals surface area contributed by atoms with E-state index in [-0.39, 0.29) is 4.90 Å². The van der Waals surface area contributed by atoms with Gasteiger partial charge < -0.3 is 4.74 Å². The Balaban J connectivity index is 1.91. The molecule has 0 radical (unpaired) electrons.